The van der Waals surface area contributed by atoms with Crippen molar-refractivity contribution < 1.29 is 18.7 Å². The van der Waals surface area contributed by atoms with Crippen LogP contribution in [0.2, 0.25) is 10.0 Å². The van der Waals surface area contributed by atoms with Gasteiger partial charge in [0, 0.05) is 35.1 Å². The van der Waals surface area contributed by atoms with Crippen molar-refractivity contribution in [2.75, 3.05) is 25.0 Å². The highest BCUT2D eigenvalue weighted by molar-refractivity contribution is 7.99. The van der Waals surface area contributed by atoms with Crippen LogP contribution in [-0.4, -0.2) is 52.3 Å². The molecule has 232 valence electrons. The number of aliphatic hydroxyl groups is 1. The third-order valence-corrected chi connectivity index (χ3v) is 10.4. The van der Waals surface area contributed by atoms with Crippen LogP contribution in [0.3, 0.4) is 0 Å². The van der Waals surface area contributed by atoms with E-state index < -0.39 is 40.0 Å². The molecule has 0 radical (unpaired) electrons. The first kappa shape index (κ1) is 32.5. The fourth-order valence-corrected chi connectivity index (χ4v) is 7.55. The molecule has 2 atom stereocenters. The number of amides is 1. The van der Waals surface area contributed by atoms with Gasteiger partial charge in [0.15, 0.2) is 6.35 Å². The van der Waals surface area contributed by atoms with Gasteiger partial charge in [0.05, 0.1) is 28.1 Å². The molecule has 1 saturated heterocycles. The molecule has 2 aliphatic rings. The fraction of sp³-hybridized carbons (Fsp3) is 0.367. The number of nitrogens with one attached hydrogen (secondary N) is 1. The molecule has 0 saturated carbocycles. The fourth-order valence-electron chi connectivity index (χ4n) is 5.81. The van der Waals surface area contributed by atoms with Crippen molar-refractivity contribution in [1.82, 2.24) is 14.8 Å². The number of aryl methyl sites for hydroxylation is 1. The predicted octanol–water partition coefficient (Wildman–Crippen LogP) is 6.63. The number of carbonyl (C=O) groups is 1. The summed E-state index contributed by atoms with van der Waals surface area (Å²) in [4.78, 5) is 35.1. The molecule has 1 aromatic heterocycles. The third-order valence-electron chi connectivity index (χ3n) is 8.13. The maximum absolute atomic E-state index is 14.4. The van der Waals surface area contributed by atoms with Gasteiger partial charge >= 0.3 is 5.38 Å². The average molecular weight is 683 g/mol. The monoisotopic (exact) mass is 681 g/mol. The van der Waals surface area contributed by atoms with Crippen LogP contribution in [0.4, 0.5) is 14.5 Å². The Kier molecular flexibility index (Phi) is 8.99. The Hall–Kier alpha value is -2.85. The number of benzene rings is 2. The van der Waals surface area contributed by atoms with Crippen LogP contribution in [0, 0.1) is 18.3 Å². The largest absolute Gasteiger partial charge is 0.362 e. The van der Waals surface area contributed by atoms with Crippen LogP contribution in [-0.2, 0) is 17.5 Å². The first-order valence-electron chi connectivity index (χ1n) is 13.6. The lowest BCUT2D eigenvalue weighted by Crippen LogP contribution is -2.52. The molecule has 2 aliphatic heterocycles. The summed E-state index contributed by atoms with van der Waals surface area (Å²) < 4.78 is 28.4. The normalized spacial score (nSPS) is 20.5. The maximum atomic E-state index is 14.4. The van der Waals surface area contributed by atoms with Gasteiger partial charge in [-0.25, -0.2) is 0 Å². The molecule has 0 aliphatic carbocycles. The Morgan fingerprint density at radius 3 is 2.57 bits per heavy atom. The van der Waals surface area contributed by atoms with Crippen LogP contribution in [0.15, 0.2) is 51.0 Å². The lowest BCUT2D eigenvalue weighted by atomic mass is 9.87. The van der Waals surface area contributed by atoms with Gasteiger partial charge in [-0.05, 0) is 79.9 Å². The zero-order chi connectivity index (χ0) is 32.1. The summed E-state index contributed by atoms with van der Waals surface area (Å²) in [6.07, 6.45) is -0.0937. The number of rotatable bonds is 6. The molecule has 2 N–H and O–H groups in total. The number of halogens is 5. The summed E-state index contributed by atoms with van der Waals surface area (Å²) in [6.45, 7) is 5.03. The van der Waals surface area contributed by atoms with Gasteiger partial charge in [0.2, 0.25) is 0 Å². The van der Waals surface area contributed by atoms with Crippen molar-refractivity contribution in [3.8, 4) is 6.07 Å². The van der Waals surface area contributed by atoms with E-state index in [1.165, 1.54) is 4.90 Å². The molecular formula is C30H28Cl3F2N5O3S. The van der Waals surface area contributed by atoms with E-state index in [1.807, 2.05) is 35.9 Å². The first-order valence-corrected chi connectivity index (χ1v) is 15.6. The summed E-state index contributed by atoms with van der Waals surface area (Å²) in [7, 11) is 1.83. The number of alkyl halides is 3. The number of aliphatic hydroxyl groups excluding tert-OH is 1. The molecular weight excluding hydrogens is 655 g/mol. The van der Waals surface area contributed by atoms with Crippen molar-refractivity contribution in [3.05, 3.63) is 84.7 Å². The van der Waals surface area contributed by atoms with Crippen LogP contribution < -0.4 is 10.5 Å². The number of anilines is 1. The van der Waals surface area contributed by atoms with Gasteiger partial charge in [-0.1, -0.05) is 47.1 Å². The number of hydrogen-bond acceptors (Lipinski definition) is 7. The topological polar surface area (TPSA) is 104 Å². The highest BCUT2D eigenvalue weighted by Gasteiger charge is 2.46. The summed E-state index contributed by atoms with van der Waals surface area (Å²) in [5.74, 6) is -0.771. The molecule has 1 fully saturated rings. The van der Waals surface area contributed by atoms with Gasteiger partial charge in [-0.15, -0.1) is 0 Å². The molecule has 3 aromatic rings. The molecule has 44 heavy (non-hydrogen) atoms. The number of fused-ring (bicyclic) bond motifs is 1. The number of carbonyl (C=O) groups excluding carboxylic acids is 1. The van der Waals surface area contributed by atoms with Gasteiger partial charge in [0.1, 0.15) is 11.3 Å². The second kappa shape index (κ2) is 12.2. The smallest absolute Gasteiger partial charge is 0.361 e. The molecule has 1 amide bonds. The zero-order valence-electron chi connectivity index (χ0n) is 23.9. The Bertz CT molecular complexity index is 1720. The van der Waals surface area contributed by atoms with E-state index in [0.717, 1.165) is 53.2 Å². The predicted molar refractivity (Wildman–Crippen MR) is 167 cm³/mol. The Labute approximate surface area is 272 Å². The molecule has 5 rings (SSSR count). The number of nitriles is 1. The van der Waals surface area contributed by atoms with E-state index in [1.54, 1.807) is 25.1 Å². The second-order valence-electron chi connectivity index (χ2n) is 11.1. The molecule has 14 heteroatoms. The number of nitrogens with zero attached hydrogens (tertiary/aromatic N) is 4. The highest BCUT2D eigenvalue weighted by atomic mass is 35.5. The van der Waals surface area contributed by atoms with Gasteiger partial charge in [-0.3, -0.25) is 14.5 Å². The number of hydrogen-bond donors (Lipinski definition) is 2. The van der Waals surface area contributed by atoms with Crippen molar-refractivity contribution >= 4 is 58.2 Å². The Morgan fingerprint density at radius 2 is 1.93 bits per heavy atom. The standard InChI is InChI=1S/C30H28Cl3F2N5O3S/c1-16-12-18-17(13-21(16)39-11-5-10-38(3)28(39)43)15-40(29(18,2)8-9-36)27(42)24-22(14-23(30(33,34)35)37-26(24)41)44-25-19(31)6-4-7-20(25)32/h4,6-7,12-14,28,43H,5,8,10-11,15H2,1-3H3,(H,37,41)/t28?,29-/m0/s1. The van der Waals surface area contributed by atoms with Gasteiger partial charge < -0.3 is 19.9 Å². The summed E-state index contributed by atoms with van der Waals surface area (Å²) >= 11 is 18.8. The molecule has 1 unspecified atom stereocenters. The van der Waals surface area contributed by atoms with E-state index >= 15 is 0 Å². The van der Waals surface area contributed by atoms with Gasteiger partial charge in [0.25, 0.3) is 11.5 Å². The number of pyridine rings is 1. The second-order valence-corrected chi connectivity index (χ2v) is 13.4. The van der Waals surface area contributed by atoms with E-state index in [9.17, 15) is 28.7 Å². The van der Waals surface area contributed by atoms with E-state index in [4.69, 9.17) is 34.8 Å². The number of H-pyrrole nitrogens is 1. The quantitative estimate of drug-likeness (QED) is 0.281. The van der Waals surface area contributed by atoms with Crippen molar-refractivity contribution in [2.24, 2.45) is 0 Å². The minimum Gasteiger partial charge on any atom is -0.361 e. The minimum absolute atomic E-state index is 0.0310. The van der Waals surface area contributed by atoms with Crippen molar-refractivity contribution in [2.45, 2.75) is 60.3 Å². The Morgan fingerprint density at radius 1 is 1.25 bits per heavy atom. The van der Waals surface area contributed by atoms with Gasteiger partial charge in [-0.2, -0.15) is 14.0 Å². The van der Waals surface area contributed by atoms with E-state index in [2.05, 4.69) is 11.1 Å². The number of aromatic nitrogens is 1. The van der Waals surface area contributed by atoms with E-state index in [0.29, 0.717) is 6.54 Å². The molecule has 0 bridgehead atoms. The average Bonchev–Trinajstić information content (AvgIpc) is 3.22. The third kappa shape index (κ3) is 5.80. The lowest BCUT2D eigenvalue weighted by molar-refractivity contribution is 0.00269. The minimum atomic E-state index is -3.93. The summed E-state index contributed by atoms with van der Waals surface area (Å²) in [5, 5.41) is 17.2. The molecule has 2 aromatic carbocycles. The van der Waals surface area contributed by atoms with Crippen LogP contribution in [0.25, 0.3) is 0 Å². The molecule has 8 nitrogen and oxygen atoms in total. The molecule has 3 heterocycles. The van der Waals surface area contributed by atoms with Crippen molar-refractivity contribution in [3.63, 3.8) is 0 Å². The zero-order valence-corrected chi connectivity index (χ0v) is 27.0. The van der Waals surface area contributed by atoms with Crippen LogP contribution in [0.1, 0.15) is 52.5 Å². The Balaban J connectivity index is 1.62. The van der Waals surface area contributed by atoms with Crippen LogP contribution in [0.5, 0.6) is 0 Å². The summed E-state index contributed by atoms with van der Waals surface area (Å²) in [6, 6.07) is 11.6. The van der Waals surface area contributed by atoms with Crippen LogP contribution >= 0.6 is 46.6 Å². The first-order chi connectivity index (χ1) is 20.7. The van der Waals surface area contributed by atoms with E-state index in [-0.39, 0.29) is 32.8 Å². The lowest BCUT2D eigenvalue weighted by Gasteiger charge is -2.41. The number of aromatic amines is 1. The SMILES string of the molecule is Cc1cc2c(cc1N1CCCN(C)C1O)CN(C(=O)c1c(Sc3c(Cl)cccc3Cl)cc(C(F)(F)Cl)[nH]c1=O)[C@@]2(C)CC#N. The maximum Gasteiger partial charge on any atom is 0.362 e. The molecule has 0 spiro atoms. The highest BCUT2D eigenvalue weighted by Crippen LogP contribution is 2.47. The summed E-state index contributed by atoms with van der Waals surface area (Å²) in [5.41, 5.74) is -0.477. The van der Waals surface area contributed by atoms with Crippen molar-refractivity contribution in [1.29, 1.82) is 5.26 Å².